The van der Waals surface area contributed by atoms with Crippen molar-refractivity contribution in [2.24, 2.45) is 0 Å². The lowest BCUT2D eigenvalue weighted by molar-refractivity contribution is 0.242. The van der Waals surface area contributed by atoms with Gasteiger partial charge in [0, 0.05) is 13.7 Å². The molecule has 0 aliphatic carbocycles. The molecular weight excluding hydrogens is 156 g/mol. The maximum absolute atomic E-state index is 5.78. The van der Waals surface area contributed by atoms with Gasteiger partial charge in [-0.15, -0.1) is 6.58 Å². The lowest BCUT2D eigenvalue weighted by Crippen LogP contribution is -2.32. The van der Waals surface area contributed by atoms with Crippen LogP contribution in [0.15, 0.2) is 12.3 Å². The molecule has 0 saturated carbocycles. The molecule has 9 heavy (non-hydrogen) atoms. The van der Waals surface area contributed by atoms with Gasteiger partial charge in [0.1, 0.15) is 0 Å². The van der Waals surface area contributed by atoms with Crippen LogP contribution in [0.5, 0.6) is 0 Å². The van der Waals surface area contributed by atoms with Crippen molar-refractivity contribution in [3.63, 3.8) is 0 Å². The molecule has 0 aromatic rings. The summed E-state index contributed by atoms with van der Waals surface area (Å²) < 4.78 is 9.98. The Hall–Kier alpha value is 0.167. The predicted molar refractivity (Wildman–Crippen MR) is 40.4 cm³/mol. The molecule has 2 nitrogen and oxygen atoms in total. The first-order valence-electron chi connectivity index (χ1n) is 2.70. The lowest BCUT2D eigenvalue weighted by atomic mass is 10.9. The molecule has 4 heteroatoms. The van der Waals surface area contributed by atoms with E-state index in [1.807, 2.05) is 6.92 Å². The molecule has 0 radical (unpaired) electrons. The summed E-state index contributed by atoms with van der Waals surface area (Å²) in [6.07, 6.45) is 0. The van der Waals surface area contributed by atoms with Crippen molar-refractivity contribution in [2.45, 2.75) is 6.92 Å². The Kier molecular flexibility index (Phi) is 4.13. The van der Waals surface area contributed by atoms with Gasteiger partial charge in [-0.2, -0.15) is 0 Å². The van der Waals surface area contributed by atoms with Crippen molar-refractivity contribution in [2.75, 3.05) is 13.7 Å². The summed E-state index contributed by atoms with van der Waals surface area (Å²) in [7, 11) is -0.937. The molecule has 1 unspecified atom stereocenters. The van der Waals surface area contributed by atoms with Crippen LogP contribution < -0.4 is 0 Å². The normalized spacial score (nSPS) is 16.8. The van der Waals surface area contributed by atoms with Crippen LogP contribution in [0.25, 0.3) is 0 Å². The minimum Gasteiger partial charge on any atom is -0.383 e. The Morgan fingerprint density at radius 3 is 2.44 bits per heavy atom. The Morgan fingerprint density at radius 2 is 2.33 bits per heavy atom. The van der Waals surface area contributed by atoms with E-state index in [2.05, 4.69) is 6.58 Å². The quantitative estimate of drug-likeness (QED) is 0.467. The van der Waals surface area contributed by atoms with E-state index in [4.69, 9.17) is 19.9 Å². The van der Waals surface area contributed by atoms with Gasteiger partial charge >= 0.3 is 7.87 Å². The first kappa shape index (κ1) is 9.17. The van der Waals surface area contributed by atoms with E-state index >= 15 is 0 Å². The van der Waals surface area contributed by atoms with E-state index in [1.54, 1.807) is 0 Å². The monoisotopic (exact) mass is 166 g/mol. The maximum Gasteiger partial charge on any atom is 0.469 e. The highest BCUT2D eigenvalue weighted by atomic mass is 35.6. The molecule has 0 aliphatic heterocycles. The van der Waals surface area contributed by atoms with Gasteiger partial charge < -0.3 is 8.85 Å². The molecule has 0 N–H and O–H groups in total. The van der Waals surface area contributed by atoms with Gasteiger partial charge in [0.15, 0.2) is 0 Å². The molecule has 0 aliphatic rings. The molecule has 0 aromatic heterocycles. The zero-order chi connectivity index (χ0) is 7.33. The number of hydrogen-bond acceptors (Lipinski definition) is 2. The average Bonchev–Trinajstić information content (AvgIpc) is 1.89. The third-order valence-electron chi connectivity index (χ3n) is 0.863. The van der Waals surface area contributed by atoms with Crippen molar-refractivity contribution < 1.29 is 8.85 Å². The predicted octanol–water partition coefficient (Wildman–Crippen LogP) is 1.57. The van der Waals surface area contributed by atoms with Crippen LogP contribution in [0.4, 0.5) is 0 Å². The fourth-order valence-corrected chi connectivity index (χ4v) is 1.52. The molecule has 0 aromatic carbocycles. The average molecular weight is 167 g/mol. The van der Waals surface area contributed by atoms with E-state index in [1.165, 1.54) is 12.8 Å². The van der Waals surface area contributed by atoms with Crippen molar-refractivity contribution >= 4 is 18.9 Å². The van der Waals surface area contributed by atoms with Gasteiger partial charge in [0.2, 0.25) is 0 Å². The van der Waals surface area contributed by atoms with E-state index < -0.39 is 7.87 Å². The van der Waals surface area contributed by atoms with Crippen LogP contribution in [-0.4, -0.2) is 21.6 Å². The molecule has 0 bridgehead atoms. The first-order chi connectivity index (χ1) is 4.18. The standard InChI is InChI=1S/C5H11ClO2Si/c1-4-8-9(6,5-2)7-3/h5H,2,4H2,1,3H3. The Bertz CT molecular complexity index is 99.0. The Labute approximate surface area is 61.4 Å². The van der Waals surface area contributed by atoms with Gasteiger partial charge in [-0.3, -0.25) is 0 Å². The minimum absolute atomic E-state index is 0.565. The van der Waals surface area contributed by atoms with Gasteiger partial charge in [-0.1, -0.05) is 11.1 Å². The summed E-state index contributed by atoms with van der Waals surface area (Å²) in [6, 6.07) is 0. The summed E-state index contributed by atoms with van der Waals surface area (Å²) in [6.45, 7) is 5.93. The van der Waals surface area contributed by atoms with E-state index in [0.717, 1.165) is 0 Å². The second-order valence-corrected chi connectivity index (χ2v) is 5.27. The van der Waals surface area contributed by atoms with E-state index in [0.29, 0.717) is 6.61 Å². The second kappa shape index (κ2) is 4.06. The lowest BCUT2D eigenvalue weighted by Gasteiger charge is -2.15. The number of halogens is 1. The summed E-state index contributed by atoms with van der Waals surface area (Å²) in [5.41, 5.74) is 1.54. The third kappa shape index (κ3) is 3.00. The van der Waals surface area contributed by atoms with Gasteiger partial charge in [0.05, 0.1) is 0 Å². The Balaban J connectivity index is 3.76. The van der Waals surface area contributed by atoms with Crippen LogP contribution in [-0.2, 0) is 8.85 Å². The minimum atomic E-state index is -2.46. The number of rotatable bonds is 4. The molecule has 0 amide bonds. The smallest absolute Gasteiger partial charge is 0.383 e. The number of hydrogen-bond donors (Lipinski definition) is 0. The summed E-state index contributed by atoms with van der Waals surface area (Å²) in [5, 5.41) is 0. The zero-order valence-electron chi connectivity index (χ0n) is 5.69. The maximum atomic E-state index is 5.78. The summed E-state index contributed by atoms with van der Waals surface area (Å²) in [5.74, 6) is 0. The first-order valence-corrected chi connectivity index (χ1v) is 5.60. The summed E-state index contributed by atoms with van der Waals surface area (Å²) in [4.78, 5) is 0. The van der Waals surface area contributed by atoms with Gasteiger partial charge in [-0.05, 0) is 12.6 Å². The van der Waals surface area contributed by atoms with Gasteiger partial charge in [0.25, 0.3) is 0 Å². The van der Waals surface area contributed by atoms with Crippen molar-refractivity contribution in [1.82, 2.24) is 0 Å². The second-order valence-electron chi connectivity index (χ2n) is 1.42. The van der Waals surface area contributed by atoms with Crippen LogP contribution in [0.3, 0.4) is 0 Å². The highest BCUT2D eigenvalue weighted by Gasteiger charge is 2.29. The zero-order valence-corrected chi connectivity index (χ0v) is 7.44. The van der Waals surface area contributed by atoms with E-state index in [-0.39, 0.29) is 0 Å². The largest absolute Gasteiger partial charge is 0.469 e. The molecule has 0 spiro atoms. The van der Waals surface area contributed by atoms with Crippen molar-refractivity contribution in [1.29, 1.82) is 0 Å². The molecule has 0 fully saturated rings. The SMILES string of the molecule is C=C[Si](Cl)(OC)OCC. The summed E-state index contributed by atoms with van der Waals surface area (Å²) >= 11 is 5.78. The molecule has 0 saturated heterocycles. The fraction of sp³-hybridized carbons (Fsp3) is 0.600. The van der Waals surface area contributed by atoms with Crippen LogP contribution in [0.1, 0.15) is 6.92 Å². The topological polar surface area (TPSA) is 18.5 Å². The van der Waals surface area contributed by atoms with Gasteiger partial charge in [-0.25, -0.2) is 0 Å². The van der Waals surface area contributed by atoms with Crippen LogP contribution in [0.2, 0.25) is 0 Å². The molecule has 1 atom stereocenters. The molecule has 0 rings (SSSR count). The van der Waals surface area contributed by atoms with Crippen molar-refractivity contribution in [3.05, 3.63) is 12.3 Å². The van der Waals surface area contributed by atoms with Crippen LogP contribution >= 0.6 is 11.1 Å². The van der Waals surface area contributed by atoms with E-state index in [9.17, 15) is 0 Å². The molecule has 54 valence electrons. The molecule has 0 heterocycles. The van der Waals surface area contributed by atoms with Crippen LogP contribution in [0, 0.1) is 0 Å². The molecular formula is C5H11ClO2Si. The third-order valence-corrected chi connectivity index (χ3v) is 3.84. The fourth-order valence-electron chi connectivity index (χ4n) is 0.398. The highest BCUT2D eigenvalue weighted by molar-refractivity contribution is 7.15. The Morgan fingerprint density at radius 1 is 1.78 bits per heavy atom. The van der Waals surface area contributed by atoms with Crippen molar-refractivity contribution in [3.8, 4) is 0 Å². The highest BCUT2D eigenvalue weighted by Crippen LogP contribution is 2.11.